The van der Waals surface area contributed by atoms with E-state index in [1.54, 1.807) is 7.11 Å². The van der Waals surface area contributed by atoms with Crippen molar-refractivity contribution in [1.29, 1.82) is 0 Å². The van der Waals surface area contributed by atoms with Crippen LogP contribution in [-0.4, -0.2) is 26.9 Å². The van der Waals surface area contributed by atoms with Crippen LogP contribution in [0.2, 0.25) is 0 Å². The molecule has 2 aromatic carbocycles. The van der Waals surface area contributed by atoms with Gasteiger partial charge in [0, 0.05) is 13.5 Å². The Morgan fingerprint density at radius 3 is 2.58 bits per heavy atom. The lowest BCUT2D eigenvalue weighted by atomic mass is 10.1. The lowest BCUT2D eigenvalue weighted by Crippen LogP contribution is -2.09. The number of methoxy groups -OCH3 is 1. The van der Waals surface area contributed by atoms with Crippen LogP contribution in [0.15, 0.2) is 54.6 Å². The number of hydrogen-bond acceptors (Lipinski definition) is 4. The van der Waals surface area contributed by atoms with Gasteiger partial charge < -0.3 is 19.9 Å². The third-order valence-corrected chi connectivity index (χ3v) is 3.76. The second-order valence-corrected chi connectivity index (χ2v) is 5.61. The number of ether oxygens (including phenoxy) is 3. The van der Waals surface area contributed by atoms with E-state index < -0.39 is 0 Å². The van der Waals surface area contributed by atoms with Crippen LogP contribution < -0.4 is 10.5 Å². The minimum atomic E-state index is 0.0211. The summed E-state index contributed by atoms with van der Waals surface area (Å²) >= 11 is 0. The standard InChI is InChI=1S/C20H27NO3/c1-22-20(11-12-21)18-9-5-10-19(15-18)24-14-6-13-23-16-17-7-3-2-4-8-17/h2-5,7-10,15,20H,6,11-14,16,21H2,1H3. The second-order valence-electron chi connectivity index (χ2n) is 5.61. The van der Waals surface area contributed by atoms with Gasteiger partial charge in [0.05, 0.1) is 25.9 Å². The van der Waals surface area contributed by atoms with E-state index in [-0.39, 0.29) is 6.10 Å². The monoisotopic (exact) mass is 329 g/mol. The predicted molar refractivity (Wildman–Crippen MR) is 96.1 cm³/mol. The van der Waals surface area contributed by atoms with Gasteiger partial charge in [0.25, 0.3) is 0 Å². The van der Waals surface area contributed by atoms with Gasteiger partial charge in [0.2, 0.25) is 0 Å². The van der Waals surface area contributed by atoms with Crippen LogP contribution in [0.25, 0.3) is 0 Å². The highest BCUT2D eigenvalue weighted by atomic mass is 16.5. The van der Waals surface area contributed by atoms with E-state index in [9.17, 15) is 0 Å². The molecule has 0 fully saturated rings. The van der Waals surface area contributed by atoms with Gasteiger partial charge >= 0.3 is 0 Å². The van der Waals surface area contributed by atoms with Gasteiger partial charge in [-0.2, -0.15) is 0 Å². The summed E-state index contributed by atoms with van der Waals surface area (Å²) < 4.78 is 16.9. The molecule has 1 unspecified atom stereocenters. The molecule has 0 radical (unpaired) electrons. The highest BCUT2D eigenvalue weighted by Crippen LogP contribution is 2.23. The molecule has 4 heteroatoms. The highest BCUT2D eigenvalue weighted by Gasteiger charge is 2.10. The molecule has 4 nitrogen and oxygen atoms in total. The van der Waals surface area contributed by atoms with Gasteiger partial charge in [-0.05, 0) is 36.2 Å². The second kappa shape index (κ2) is 10.8. The van der Waals surface area contributed by atoms with E-state index in [1.807, 2.05) is 42.5 Å². The molecule has 24 heavy (non-hydrogen) atoms. The Kier molecular flexibility index (Phi) is 8.32. The van der Waals surface area contributed by atoms with Crippen LogP contribution in [0.5, 0.6) is 5.75 Å². The Hall–Kier alpha value is -1.88. The maximum Gasteiger partial charge on any atom is 0.119 e. The first-order valence-electron chi connectivity index (χ1n) is 8.40. The van der Waals surface area contributed by atoms with Gasteiger partial charge in [-0.15, -0.1) is 0 Å². The largest absolute Gasteiger partial charge is 0.493 e. The average molecular weight is 329 g/mol. The zero-order chi connectivity index (χ0) is 17.0. The van der Waals surface area contributed by atoms with Crippen molar-refractivity contribution in [2.75, 3.05) is 26.9 Å². The van der Waals surface area contributed by atoms with Crippen LogP contribution in [-0.2, 0) is 16.1 Å². The van der Waals surface area contributed by atoms with E-state index in [0.29, 0.717) is 26.4 Å². The van der Waals surface area contributed by atoms with E-state index in [1.165, 1.54) is 5.56 Å². The van der Waals surface area contributed by atoms with Gasteiger partial charge in [0.15, 0.2) is 0 Å². The summed E-state index contributed by atoms with van der Waals surface area (Å²) in [6.45, 7) is 2.56. The van der Waals surface area contributed by atoms with Crippen LogP contribution in [0.3, 0.4) is 0 Å². The molecule has 0 aliphatic heterocycles. The van der Waals surface area contributed by atoms with Crippen molar-refractivity contribution in [1.82, 2.24) is 0 Å². The molecule has 0 aliphatic rings. The normalized spacial score (nSPS) is 12.1. The SMILES string of the molecule is COC(CCN)c1cccc(OCCCOCc2ccccc2)c1. The van der Waals surface area contributed by atoms with Crippen molar-refractivity contribution in [2.24, 2.45) is 5.73 Å². The number of rotatable bonds is 11. The lowest BCUT2D eigenvalue weighted by molar-refractivity contribution is 0.0970. The van der Waals surface area contributed by atoms with Crippen molar-refractivity contribution in [2.45, 2.75) is 25.6 Å². The zero-order valence-corrected chi connectivity index (χ0v) is 14.3. The summed E-state index contributed by atoms with van der Waals surface area (Å²) in [5, 5.41) is 0. The third kappa shape index (κ3) is 6.32. The summed E-state index contributed by atoms with van der Waals surface area (Å²) in [6.07, 6.45) is 1.67. The summed E-state index contributed by atoms with van der Waals surface area (Å²) in [5.41, 5.74) is 7.91. The Labute approximate surface area is 144 Å². The predicted octanol–water partition coefficient (Wildman–Crippen LogP) is 3.71. The van der Waals surface area contributed by atoms with Gasteiger partial charge in [-0.3, -0.25) is 0 Å². The molecular formula is C20H27NO3. The smallest absolute Gasteiger partial charge is 0.119 e. The zero-order valence-electron chi connectivity index (χ0n) is 14.3. The van der Waals surface area contributed by atoms with E-state index >= 15 is 0 Å². The molecule has 0 saturated heterocycles. The molecule has 2 rings (SSSR count). The Morgan fingerprint density at radius 2 is 1.83 bits per heavy atom. The van der Waals surface area contributed by atoms with E-state index in [0.717, 1.165) is 24.2 Å². The molecular weight excluding hydrogens is 302 g/mol. The fraction of sp³-hybridized carbons (Fsp3) is 0.400. The molecule has 130 valence electrons. The van der Waals surface area contributed by atoms with Gasteiger partial charge in [0.1, 0.15) is 5.75 Å². The molecule has 0 saturated carbocycles. The van der Waals surface area contributed by atoms with Gasteiger partial charge in [-0.25, -0.2) is 0 Å². The quantitative estimate of drug-likeness (QED) is 0.639. The summed E-state index contributed by atoms with van der Waals surface area (Å²) in [5.74, 6) is 0.856. The van der Waals surface area contributed by atoms with E-state index in [4.69, 9.17) is 19.9 Å². The minimum Gasteiger partial charge on any atom is -0.493 e. The van der Waals surface area contributed by atoms with Crippen LogP contribution in [0.4, 0.5) is 0 Å². The fourth-order valence-electron chi connectivity index (χ4n) is 2.49. The molecule has 2 N–H and O–H groups in total. The van der Waals surface area contributed by atoms with Gasteiger partial charge in [-0.1, -0.05) is 42.5 Å². The first kappa shape index (κ1) is 18.5. The first-order valence-corrected chi connectivity index (χ1v) is 8.40. The maximum absolute atomic E-state index is 5.80. The molecule has 0 bridgehead atoms. The molecule has 1 atom stereocenters. The van der Waals surface area contributed by atoms with Crippen LogP contribution in [0.1, 0.15) is 30.1 Å². The Bertz CT molecular complexity index is 574. The molecule has 0 spiro atoms. The average Bonchev–Trinajstić information content (AvgIpc) is 2.63. The van der Waals surface area contributed by atoms with Crippen molar-refractivity contribution in [3.8, 4) is 5.75 Å². The Morgan fingerprint density at radius 1 is 1.00 bits per heavy atom. The summed E-state index contributed by atoms with van der Waals surface area (Å²) in [6, 6.07) is 18.2. The highest BCUT2D eigenvalue weighted by molar-refractivity contribution is 5.30. The fourth-order valence-corrected chi connectivity index (χ4v) is 2.49. The van der Waals surface area contributed by atoms with Crippen molar-refractivity contribution in [3.63, 3.8) is 0 Å². The number of benzene rings is 2. The Balaban J connectivity index is 1.68. The molecule has 0 aromatic heterocycles. The van der Waals surface area contributed by atoms with E-state index in [2.05, 4.69) is 12.1 Å². The minimum absolute atomic E-state index is 0.0211. The first-order chi connectivity index (χ1) is 11.8. The number of hydrogen-bond donors (Lipinski definition) is 1. The molecule has 2 aromatic rings. The van der Waals surface area contributed by atoms with Crippen molar-refractivity contribution < 1.29 is 14.2 Å². The molecule has 0 heterocycles. The number of nitrogens with two attached hydrogens (primary N) is 1. The summed E-state index contributed by atoms with van der Waals surface area (Å²) in [4.78, 5) is 0. The van der Waals surface area contributed by atoms with Crippen molar-refractivity contribution >= 4 is 0 Å². The molecule has 0 aliphatic carbocycles. The molecule has 0 amide bonds. The topological polar surface area (TPSA) is 53.7 Å². The third-order valence-electron chi connectivity index (χ3n) is 3.76. The van der Waals surface area contributed by atoms with Crippen molar-refractivity contribution in [3.05, 3.63) is 65.7 Å². The maximum atomic E-state index is 5.80. The lowest BCUT2D eigenvalue weighted by Gasteiger charge is -2.16. The van der Waals surface area contributed by atoms with Crippen LogP contribution >= 0.6 is 0 Å². The van der Waals surface area contributed by atoms with Crippen LogP contribution in [0, 0.1) is 0 Å². The summed E-state index contributed by atoms with van der Waals surface area (Å²) in [7, 11) is 1.71.